The zero-order valence-electron chi connectivity index (χ0n) is 11.1. The molecule has 0 fully saturated rings. The first kappa shape index (κ1) is 13.9. The normalized spacial score (nSPS) is 10.9. The summed E-state index contributed by atoms with van der Waals surface area (Å²) in [4.78, 5) is 0. The highest BCUT2D eigenvalue weighted by atomic mass is 35.5. The number of alkyl halides is 1. The summed E-state index contributed by atoms with van der Waals surface area (Å²) in [7, 11) is 0. The van der Waals surface area contributed by atoms with Crippen LogP contribution in [-0.2, 0) is 5.88 Å². The van der Waals surface area contributed by atoms with Crippen LogP contribution in [0.2, 0.25) is 0 Å². The first-order valence-corrected chi connectivity index (χ1v) is 6.84. The largest absolute Gasteiger partial charge is 0.493 e. The first-order valence-electron chi connectivity index (χ1n) is 6.31. The number of aromatic nitrogens is 2. The van der Waals surface area contributed by atoms with Crippen molar-refractivity contribution in [3.8, 4) is 17.2 Å². The van der Waals surface area contributed by atoms with Gasteiger partial charge in [-0.2, -0.15) is 0 Å². The average Bonchev–Trinajstić information content (AvgIpc) is 2.87. The fraction of sp³-hybridized carbons (Fsp3) is 0.429. The molecule has 4 nitrogen and oxygen atoms in total. The van der Waals surface area contributed by atoms with E-state index in [1.54, 1.807) is 0 Å². The summed E-state index contributed by atoms with van der Waals surface area (Å²) in [6.07, 6.45) is 1.01. The molecule has 0 spiro atoms. The number of ether oxygens (including phenoxy) is 1. The third-order valence-corrected chi connectivity index (χ3v) is 2.88. The van der Waals surface area contributed by atoms with Crippen molar-refractivity contribution in [3.63, 3.8) is 0 Å². The molecule has 5 heteroatoms. The lowest BCUT2D eigenvalue weighted by Gasteiger charge is -2.10. The van der Waals surface area contributed by atoms with Crippen molar-refractivity contribution in [2.24, 2.45) is 5.92 Å². The predicted octanol–water partition coefficient (Wildman–Crippen LogP) is 3.90. The van der Waals surface area contributed by atoms with Crippen molar-refractivity contribution in [2.45, 2.75) is 26.1 Å². The van der Waals surface area contributed by atoms with E-state index in [9.17, 15) is 0 Å². The maximum atomic E-state index is 5.78. The van der Waals surface area contributed by atoms with Gasteiger partial charge in [-0.15, -0.1) is 21.8 Å². The zero-order valence-corrected chi connectivity index (χ0v) is 11.9. The molecule has 0 N–H and O–H groups in total. The Balaban J connectivity index is 2.15. The van der Waals surface area contributed by atoms with Crippen LogP contribution in [-0.4, -0.2) is 16.8 Å². The van der Waals surface area contributed by atoms with E-state index in [-0.39, 0.29) is 5.88 Å². The summed E-state index contributed by atoms with van der Waals surface area (Å²) < 4.78 is 11.2. The van der Waals surface area contributed by atoms with Gasteiger partial charge in [0.2, 0.25) is 5.89 Å². The minimum atomic E-state index is 0.212. The van der Waals surface area contributed by atoms with Crippen molar-refractivity contribution in [3.05, 3.63) is 30.2 Å². The number of benzene rings is 1. The lowest BCUT2D eigenvalue weighted by Crippen LogP contribution is -2.02. The molecule has 0 amide bonds. The van der Waals surface area contributed by atoms with Crippen LogP contribution in [0.3, 0.4) is 0 Å². The number of hydrogen-bond acceptors (Lipinski definition) is 4. The van der Waals surface area contributed by atoms with Gasteiger partial charge in [0.25, 0.3) is 5.89 Å². The van der Waals surface area contributed by atoms with E-state index in [0.717, 1.165) is 17.7 Å². The van der Waals surface area contributed by atoms with Gasteiger partial charge < -0.3 is 9.15 Å². The third kappa shape index (κ3) is 3.70. The van der Waals surface area contributed by atoms with Gasteiger partial charge in [-0.3, -0.25) is 0 Å². The van der Waals surface area contributed by atoms with E-state index < -0.39 is 0 Å². The van der Waals surface area contributed by atoms with Crippen molar-refractivity contribution >= 4 is 11.6 Å². The molecule has 0 saturated heterocycles. The predicted molar refractivity (Wildman–Crippen MR) is 74.2 cm³/mol. The Morgan fingerprint density at radius 3 is 2.74 bits per heavy atom. The van der Waals surface area contributed by atoms with Crippen LogP contribution in [0.15, 0.2) is 28.7 Å². The maximum absolute atomic E-state index is 5.78. The molecular formula is C14H17ClN2O2. The molecule has 1 heterocycles. The second kappa shape index (κ2) is 6.57. The molecule has 1 aromatic carbocycles. The standard InChI is InChI=1S/C14H17ClN2O2/c1-10(2)7-8-18-12-6-4-3-5-11(12)14-17-16-13(9-15)19-14/h3-6,10H,7-9H2,1-2H3. The molecule has 0 radical (unpaired) electrons. The third-order valence-electron chi connectivity index (χ3n) is 2.65. The van der Waals surface area contributed by atoms with E-state index in [1.165, 1.54) is 0 Å². The Kier molecular flexibility index (Phi) is 4.80. The number of nitrogens with zero attached hydrogens (tertiary/aromatic N) is 2. The molecule has 0 saturated carbocycles. The molecule has 2 rings (SSSR count). The highest BCUT2D eigenvalue weighted by molar-refractivity contribution is 6.16. The van der Waals surface area contributed by atoms with Crippen LogP contribution in [0, 0.1) is 5.92 Å². The van der Waals surface area contributed by atoms with Crippen LogP contribution < -0.4 is 4.74 Å². The van der Waals surface area contributed by atoms with Gasteiger partial charge in [-0.25, -0.2) is 0 Å². The van der Waals surface area contributed by atoms with Crippen molar-refractivity contribution in [2.75, 3.05) is 6.61 Å². The van der Waals surface area contributed by atoms with Crippen molar-refractivity contribution < 1.29 is 9.15 Å². The van der Waals surface area contributed by atoms with Gasteiger partial charge in [0.1, 0.15) is 11.6 Å². The van der Waals surface area contributed by atoms with Crippen molar-refractivity contribution in [1.29, 1.82) is 0 Å². The Labute approximate surface area is 117 Å². The lowest BCUT2D eigenvalue weighted by atomic mass is 10.1. The number of hydrogen-bond donors (Lipinski definition) is 0. The lowest BCUT2D eigenvalue weighted by molar-refractivity contribution is 0.290. The SMILES string of the molecule is CC(C)CCOc1ccccc1-c1nnc(CCl)o1. The van der Waals surface area contributed by atoms with Gasteiger partial charge in [0.05, 0.1) is 12.2 Å². The van der Waals surface area contributed by atoms with Crippen LogP contribution in [0.5, 0.6) is 5.75 Å². The molecule has 102 valence electrons. The van der Waals surface area contributed by atoms with Crippen molar-refractivity contribution in [1.82, 2.24) is 10.2 Å². The summed E-state index contributed by atoms with van der Waals surface area (Å²) in [5, 5.41) is 7.84. The van der Waals surface area contributed by atoms with Crippen LogP contribution >= 0.6 is 11.6 Å². The van der Waals surface area contributed by atoms with Gasteiger partial charge in [-0.05, 0) is 24.5 Å². The molecule has 0 aliphatic heterocycles. The van der Waals surface area contributed by atoms with Gasteiger partial charge >= 0.3 is 0 Å². The molecule has 0 bridgehead atoms. The molecular weight excluding hydrogens is 264 g/mol. The molecule has 0 aliphatic rings. The highest BCUT2D eigenvalue weighted by Crippen LogP contribution is 2.29. The zero-order chi connectivity index (χ0) is 13.7. The average molecular weight is 281 g/mol. The summed E-state index contributed by atoms with van der Waals surface area (Å²) in [6, 6.07) is 7.64. The molecule has 2 aromatic rings. The summed E-state index contributed by atoms with van der Waals surface area (Å²) in [6.45, 7) is 5.01. The van der Waals surface area contributed by atoms with E-state index >= 15 is 0 Å². The van der Waals surface area contributed by atoms with E-state index in [4.69, 9.17) is 20.8 Å². The van der Waals surface area contributed by atoms with Gasteiger partial charge in [0.15, 0.2) is 0 Å². The molecule has 0 aliphatic carbocycles. The summed E-state index contributed by atoms with van der Waals surface area (Å²) in [5.41, 5.74) is 0.801. The van der Waals surface area contributed by atoms with Crippen LogP contribution in [0.1, 0.15) is 26.2 Å². The Bertz CT molecular complexity index is 526. The Hall–Kier alpha value is -1.55. The quantitative estimate of drug-likeness (QED) is 0.753. The summed E-state index contributed by atoms with van der Waals surface area (Å²) >= 11 is 5.66. The van der Waals surface area contributed by atoms with Crippen LogP contribution in [0.25, 0.3) is 11.5 Å². The number of rotatable bonds is 6. The maximum Gasteiger partial charge on any atom is 0.251 e. The van der Waals surface area contributed by atoms with E-state index in [2.05, 4.69) is 24.0 Å². The minimum absolute atomic E-state index is 0.212. The topological polar surface area (TPSA) is 48.2 Å². The second-order valence-corrected chi connectivity index (χ2v) is 4.93. The minimum Gasteiger partial charge on any atom is -0.493 e. The Morgan fingerprint density at radius 2 is 2.05 bits per heavy atom. The molecule has 0 atom stereocenters. The van der Waals surface area contributed by atoms with E-state index in [0.29, 0.717) is 24.3 Å². The first-order chi connectivity index (χ1) is 9.20. The van der Waals surface area contributed by atoms with Crippen LogP contribution in [0.4, 0.5) is 0 Å². The highest BCUT2D eigenvalue weighted by Gasteiger charge is 2.13. The molecule has 1 aromatic heterocycles. The molecule has 0 unspecified atom stereocenters. The fourth-order valence-electron chi connectivity index (χ4n) is 1.59. The van der Waals surface area contributed by atoms with E-state index in [1.807, 2.05) is 24.3 Å². The monoisotopic (exact) mass is 280 g/mol. The second-order valence-electron chi connectivity index (χ2n) is 4.66. The Morgan fingerprint density at radius 1 is 1.26 bits per heavy atom. The number of para-hydroxylation sites is 1. The number of halogens is 1. The smallest absolute Gasteiger partial charge is 0.251 e. The van der Waals surface area contributed by atoms with Gasteiger partial charge in [0, 0.05) is 0 Å². The fourth-order valence-corrected chi connectivity index (χ4v) is 1.70. The summed E-state index contributed by atoms with van der Waals surface area (Å²) in [5.74, 6) is 2.43. The van der Waals surface area contributed by atoms with Gasteiger partial charge in [-0.1, -0.05) is 26.0 Å². The molecule has 19 heavy (non-hydrogen) atoms.